The summed E-state index contributed by atoms with van der Waals surface area (Å²) in [6, 6.07) is 5.54. The number of rotatable bonds is 4. The number of hydrogen-bond donors (Lipinski definition) is 1. The lowest BCUT2D eigenvalue weighted by Gasteiger charge is -2.27. The Labute approximate surface area is 157 Å². The summed E-state index contributed by atoms with van der Waals surface area (Å²) in [5, 5.41) is 6.75. The van der Waals surface area contributed by atoms with Crippen molar-refractivity contribution in [1.29, 1.82) is 0 Å². The molecule has 0 saturated carbocycles. The molecule has 142 valence electrons. The van der Waals surface area contributed by atoms with Crippen molar-refractivity contribution in [2.75, 3.05) is 36.5 Å². The van der Waals surface area contributed by atoms with Gasteiger partial charge in [0.25, 0.3) is 5.91 Å². The fourth-order valence-electron chi connectivity index (χ4n) is 3.45. The number of nitrogens with zero attached hydrogens (tertiary/aromatic N) is 4. The van der Waals surface area contributed by atoms with Crippen molar-refractivity contribution in [2.24, 2.45) is 7.05 Å². The molecule has 1 aromatic carbocycles. The van der Waals surface area contributed by atoms with Crippen LogP contribution in [0.1, 0.15) is 28.5 Å². The summed E-state index contributed by atoms with van der Waals surface area (Å²) in [7, 11) is 1.99. The molecule has 1 aliphatic heterocycles. The van der Waals surface area contributed by atoms with Crippen LogP contribution in [0.5, 0.6) is 0 Å². The molecule has 3 aromatic rings. The Morgan fingerprint density at radius 3 is 2.81 bits per heavy atom. The lowest BCUT2D eigenvalue weighted by Crippen LogP contribution is -2.37. The van der Waals surface area contributed by atoms with Crippen LogP contribution < -0.4 is 10.2 Å². The smallest absolute Gasteiger partial charge is 0.258 e. The average molecular weight is 369 g/mol. The topological polar surface area (TPSA) is 85.4 Å². The number of carbonyl (C=O) groups excluding carboxylic acids is 1. The van der Waals surface area contributed by atoms with Crippen molar-refractivity contribution in [3.05, 3.63) is 35.0 Å². The fourth-order valence-corrected chi connectivity index (χ4v) is 3.45. The number of aryl methyl sites for hydroxylation is 2. The number of carbonyl (C=O) groups is 1. The molecule has 8 heteroatoms. The standard InChI is InChI=1S/C19H23N5O3/c1-4-14-12(2)22-27-18(14)21-17(25)13-5-6-16-15(11-13)20-19(23(16)3)24-7-9-26-10-8-24/h5-6,11H,4,7-10H2,1-3H3,(H,21,25). The number of aromatic nitrogens is 3. The van der Waals surface area contributed by atoms with Gasteiger partial charge in [0.15, 0.2) is 0 Å². The highest BCUT2D eigenvalue weighted by atomic mass is 16.5. The summed E-state index contributed by atoms with van der Waals surface area (Å²) in [5.41, 5.74) is 4.01. The van der Waals surface area contributed by atoms with Crippen LogP contribution in [0, 0.1) is 6.92 Å². The molecule has 1 saturated heterocycles. The number of benzene rings is 1. The van der Waals surface area contributed by atoms with Gasteiger partial charge in [-0.2, -0.15) is 0 Å². The van der Waals surface area contributed by atoms with Gasteiger partial charge in [-0.15, -0.1) is 0 Å². The molecule has 0 radical (unpaired) electrons. The number of ether oxygens (including phenoxy) is 1. The quantitative estimate of drug-likeness (QED) is 0.761. The van der Waals surface area contributed by atoms with Gasteiger partial charge in [-0.3, -0.25) is 10.1 Å². The van der Waals surface area contributed by atoms with Crippen LogP contribution >= 0.6 is 0 Å². The molecule has 1 amide bonds. The lowest BCUT2D eigenvalue weighted by molar-refractivity contribution is 0.102. The van der Waals surface area contributed by atoms with Gasteiger partial charge in [0, 0.05) is 31.3 Å². The SMILES string of the molecule is CCc1c(C)noc1NC(=O)c1ccc2c(c1)nc(N1CCOCC1)n2C. The van der Waals surface area contributed by atoms with Crippen LogP contribution in [0.4, 0.5) is 11.8 Å². The number of nitrogens with one attached hydrogen (secondary N) is 1. The van der Waals surface area contributed by atoms with Gasteiger partial charge in [-0.25, -0.2) is 4.98 Å². The highest BCUT2D eigenvalue weighted by molar-refractivity contribution is 6.05. The zero-order valence-electron chi connectivity index (χ0n) is 15.8. The van der Waals surface area contributed by atoms with Crippen molar-refractivity contribution in [1.82, 2.24) is 14.7 Å². The van der Waals surface area contributed by atoms with Crippen LogP contribution in [0.2, 0.25) is 0 Å². The van der Waals surface area contributed by atoms with E-state index in [0.717, 1.165) is 47.7 Å². The summed E-state index contributed by atoms with van der Waals surface area (Å²) >= 11 is 0. The van der Waals surface area contributed by atoms with E-state index in [-0.39, 0.29) is 5.91 Å². The van der Waals surface area contributed by atoms with E-state index in [1.807, 2.05) is 33.0 Å². The average Bonchev–Trinajstić information content (AvgIpc) is 3.21. The van der Waals surface area contributed by atoms with Crippen LogP contribution in [-0.4, -0.2) is 46.9 Å². The van der Waals surface area contributed by atoms with E-state index in [0.29, 0.717) is 24.7 Å². The molecule has 2 aromatic heterocycles. The van der Waals surface area contributed by atoms with Crippen LogP contribution in [0.3, 0.4) is 0 Å². The molecule has 0 bridgehead atoms. The molecule has 1 fully saturated rings. The predicted octanol–water partition coefficient (Wildman–Crippen LogP) is 2.52. The minimum Gasteiger partial charge on any atom is -0.378 e. The van der Waals surface area contributed by atoms with Gasteiger partial charge in [0.1, 0.15) is 0 Å². The molecule has 8 nitrogen and oxygen atoms in total. The first kappa shape index (κ1) is 17.5. The summed E-state index contributed by atoms with van der Waals surface area (Å²) in [6.45, 7) is 6.90. The van der Waals surface area contributed by atoms with E-state index in [2.05, 4.69) is 19.9 Å². The summed E-state index contributed by atoms with van der Waals surface area (Å²) < 4.78 is 12.7. The number of amides is 1. The number of fused-ring (bicyclic) bond motifs is 1. The third kappa shape index (κ3) is 3.16. The Bertz CT molecular complexity index is 985. The molecule has 27 heavy (non-hydrogen) atoms. The highest BCUT2D eigenvalue weighted by Crippen LogP contribution is 2.24. The van der Waals surface area contributed by atoms with Crippen molar-refractivity contribution in [2.45, 2.75) is 20.3 Å². The molecule has 4 rings (SSSR count). The van der Waals surface area contributed by atoms with E-state index in [1.54, 1.807) is 6.07 Å². The number of morpholine rings is 1. The maximum Gasteiger partial charge on any atom is 0.258 e. The monoisotopic (exact) mass is 369 g/mol. The van der Waals surface area contributed by atoms with Gasteiger partial charge in [0.2, 0.25) is 11.8 Å². The first-order valence-corrected chi connectivity index (χ1v) is 9.14. The first-order chi connectivity index (χ1) is 13.1. The van der Waals surface area contributed by atoms with Crippen LogP contribution in [0.15, 0.2) is 22.7 Å². The fraction of sp³-hybridized carbons (Fsp3) is 0.421. The summed E-state index contributed by atoms with van der Waals surface area (Å²) in [5.74, 6) is 1.07. The number of imidazole rings is 1. The Kier molecular flexibility index (Phi) is 4.57. The maximum atomic E-state index is 12.7. The summed E-state index contributed by atoms with van der Waals surface area (Å²) in [4.78, 5) is 19.6. The third-order valence-corrected chi connectivity index (χ3v) is 4.98. The van der Waals surface area contributed by atoms with E-state index >= 15 is 0 Å². The molecule has 3 heterocycles. The van der Waals surface area contributed by atoms with Crippen molar-refractivity contribution in [3.8, 4) is 0 Å². The second-order valence-electron chi connectivity index (χ2n) is 6.66. The molecular weight excluding hydrogens is 346 g/mol. The molecular formula is C19H23N5O3. The van der Waals surface area contributed by atoms with Gasteiger partial charge in [-0.1, -0.05) is 12.1 Å². The lowest BCUT2D eigenvalue weighted by atomic mass is 10.1. The van der Waals surface area contributed by atoms with E-state index in [9.17, 15) is 4.79 Å². The van der Waals surface area contributed by atoms with Crippen molar-refractivity contribution >= 4 is 28.8 Å². The van der Waals surface area contributed by atoms with Gasteiger partial charge >= 0.3 is 0 Å². The molecule has 1 N–H and O–H groups in total. The second kappa shape index (κ2) is 7.03. The molecule has 0 atom stereocenters. The van der Waals surface area contributed by atoms with Gasteiger partial charge in [0.05, 0.1) is 29.9 Å². The Morgan fingerprint density at radius 1 is 1.30 bits per heavy atom. The van der Waals surface area contributed by atoms with Crippen LogP contribution in [0.25, 0.3) is 11.0 Å². The Balaban J connectivity index is 1.61. The summed E-state index contributed by atoms with van der Waals surface area (Å²) in [6.07, 6.45) is 0.743. The van der Waals surface area contributed by atoms with Gasteiger partial charge in [-0.05, 0) is 31.5 Å². The second-order valence-corrected chi connectivity index (χ2v) is 6.66. The molecule has 0 unspecified atom stereocenters. The third-order valence-electron chi connectivity index (χ3n) is 4.98. The maximum absolute atomic E-state index is 12.7. The predicted molar refractivity (Wildman–Crippen MR) is 102 cm³/mol. The van der Waals surface area contributed by atoms with E-state index in [1.165, 1.54) is 0 Å². The number of hydrogen-bond acceptors (Lipinski definition) is 6. The largest absolute Gasteiger partial charge is 0.378 e. The number of anilines is 2. The normalized spacial score (nSPS) is 14.7. The first-order valence-electron chi connectivity index (χ1n) is 9.14. The molecule has 0 spiro atoms. The van der Waals surface area contributed by atoms with Gasteiger partial charge < -0.3 is 18.7 Å². The zero-order chi connectivity index (χ0) is 19.0. The van der Waals surface area contributed by atoms with E-state index in [4.69, 9.17) is 14.2 Å². The molecule has 1 aliphatic rings. The molecule has 0 aliphatic carbocycles. The highest BCUT2D eigenvalue weighted by Gasteiger charge is 2.20. The minimum atomic E-state index is -0.235. The zero-order valence-corrected chi connectivity index (χ0v) is 15.8. The minimum absolute atomic E-state index is 0.235. The Hall–Kier alpha value is -2.87. The van der Waals surface area contributed by atoms with Crippen molar-refractivity contribution in [3.63, 3.8) is 0 Å². The van der Waals surface area contributed by atoms with E-state index < -0.39 is 0 Å². The van der Waals surface area contributed by atoms with Crippen LogP contribution in [-0.2, 0) is 18.2 Å². The van der Waals surface area contributed by atoms with Crippen molar-refractivity contribution < 1.29 is 14.1 Å². The Morgan fingerprint density at radius 2 is 2.07 bits per heavy atom.